The number of rotatable bonds is 2. The molecule has 0 N–H and O–H groups in total. The van der Waals surface area contributed by atoms with E-state index in [1.165, 1.54) is 0 Å². The molecule has 1 atom stereocenters. The fourth-order valence-electron chi connectivity index (χ4n) is 0.972. The zero-order chi connectivity index (χ0) is 10.9. The number of benzene rings is 1. The van der Waals surface area contributed by atoms with Crippen molar-refractivity contribution in [2.75, 3.05) is 0 Å². The highest BCUT2D eigenvalue weighted by Gasteiger charge is 2.22. The van der Waals surface area contributed by atoms with E-state index in [-0.39, 0.29) is 5.56 Å². The second kappa shape index (κ2) is 3.61. The van der Waals surface area contributed by atoms with Crippen molar-refractivity contribution < 1.29 is 21.1 Å². The molecule has 0 fully saturated rings. The van der Waals surface area contributed by atoms with Crippen LogP contribution >= 0.6 is 0 Å². The minimum atomic E-state index is -4.82. The van der Waals surface area contributed by atoms with E-state index < -0.39 is 27.1 Å². The van der Waals surface area contributed by atoms with Crippen molar-refractivity contribution in [3.05, 3.63) is 35.4 Å². The van der Waals surface area contributed by atoms with E-state index in [9.17, 15) is 21.1 Å². The van der Waals surface area contributed by atoms with E-state index in [1.54, 1.807) is 0 Å². The molecule has 78 valence electrons. The molecule has 0 aliphatic rings. The van der Waals surface area contributed by atoms with Gasteiger partial charge in [-0.2, -0.15) is 8.42 Å². The molecule has 0 aliphatic heterocycles. The van der Waals surface area contributed by atoms with Gasteiger partial charge in [0.05, 0.1) is 0 Å². The van der Waals surface area contributed by atoms with Gasteiger partial charge >= 0.3 is 10.2 Å². The van der Waals surface area contributed by atoms with Gasteiger partial charge < -0.3 is 0 Å². The Morgan fingerprint density at radius 2 is 1.57 bits per heavy atom. The van der Waals surface area contributed by atoms with Crippen LogP contribution in [-0.4, -0.2) is 8.42 Å². The van der Waals surface area contributed by atoms with E-state index in [2.05, 4.69) is 0 Å². The first-order chi connectivity index (χ1) is 6.30. The van der Waals surface area contributed by atoms with Crippen molar-refractivity contribution in [2.24, 2.45) is 0 Å². The molecule has 0 aromatic heterocycles. The van der Waals surface area contributed by atoms with Crippen LogP contribution in [0.25, 0.3) is 0 Å². The Hall–Kier alpha value is -1.04. The van der Waals surface area contributed by atoms with Gasteiger partial charge in [0.1, 0.15) is 16.9 Å². The second-order valence-corrected chi connectivity index (χ2v) is 4.48. The fourth-order valence-corrected chi connectivity index (χ4v) is 1.43. The molecule has 0 spiro atoms. The van der Waals surface area contributed by atoms with Gasteiger partial charge in [-0.1, -0.05) is 0 Å². The van der Waals surface area contributed by atoms with E-state index in [1.807, 2.05) is 0 Å². The average Bonchev–Trinajstić information content (AvgIpc) is 1.99. The average molecular weight is 224 g/mol. The Labute approximate surface area is 79.6 Å². The lowest BCUT2D eigenvalue weighted by Crippen LogP contribution is -2.04. The van der Waals surface area contributed by atoms with Gasteiger partial charge in [-0.3, -0.25) is 0 Å². The number of halogens is 3. The second-order valence-electron chi connectivity index (χ2n) is 2.82. The molecule has 1 aromatic carbocycles. The van der Waals surface area contributed by atoms with Crippen molar-refractivity contribution in [2.45, 2.75) is 12.2 Å². The van der Waals surface area contributed by atoms with Crippen molar-refractivity contribution in [3.8, 4) is 0 Å². The summed E-state index contributed by atoms with van der Waals surface area (Å²) in [4.78, 5) is 0. The molecule has 0 radical (unpaired) electrons. The zero-order valence-electron chi connectivity index (χ0n) is 7.17. The Morgan fingerprint density at radius 3 is 1.93 bits per heavy atom. The van der Waals surface area contributed by atoms with Crippen molar-refractivity contribution >= 4 is 10.2 Å². The highest BCUT2D eigenvalue weighted by atomic mass is 32.3. The molecule has 0 bridgehead atoms. The molecule has 1 unspecified atom stereocenters. The third-order valence-corrected chi connectivity index (χ3v) is 2.89. The van der Waals surface area contributed by atoms with Gasteiger partial charge in [0, 0.05) is 6.07 Å². The molecule has 2 nitrogen and oxygen atoms in total. The topological polar surface area (TPSA) is 34.1 Å². The van der Waals surface area contributed by atoms with Gasteiger partial charge in [-0.05, 0) is 24.6 Å². The van der Waals surface area contributed by atoms with Crippen LogP contribution in [-0.2, 0) is 10.2 Å². The SMILES string of the molecule is CC(c1cc(F)cc(F)c1)S(=O)(=O)F. The lowest BCUT2D eigenvalue weighted by Gasteiger charge is -2.06. The van der Waals surface area contributed by atoms with Crippen molar-refractivity contribution in [3.63, 3.8) is 0 Å². The van der Waals surface area contributed by atoms with Gasteiger partial charge in [0.25, 0.3) is 0 Å². The largest absolute Gasteiger partial charge is 0.309 e. The molecule has 1 aromatic rings. The van der Waals surface area contributed by atoms with E-state index in [0.29, 0.717) is 6.07 Å². The molecule has 0 amide bonds. The first-order valence-corrected chi connectivity index (χ1v) is 5.15. The third-order valence-electron chi connectivity index (χ3n) is 1.78. The molecular formula is C8H7F3O2S. The normalized spacial score (nSPS) is 14.0. The van der Waals surface area contributed by atoms with Crippen LogP contribution in [0.3, 0.4) is 0 Å². The van der Waals surface area contributed by atoms with Crippen molar-refractivity contribution in [1.29, 1.82) is 0 Å². The zero-order valence-corrected chi connectivity index (χ0v) is 7.98. The highest BCUT2D eigenvalue weighted by molar-refractivity contribution is 7.86. The molecule has 14 heavy (non-hydrogen) atoms. The Kier molecular flexibility index (Phi) is 2.84. The molecule has 0 heterocycles. The maximum atomic E-state index is 12.6. The van der Waals surface area contributed by atoms with Crippen LogP contribution in [0, 0.1) is 11.6 Å². The molecule has 0 saturated heterocycles. The highest BCUT2D eigenvalue weighted by Crippen LogP contribution is 2.24. The summed E-state index contributed by atoms with van der Waals surface area (Å²) in [6, 6.07) is 2.15. The Bertz CT molecular complexity index is 422. The minimum Gasteiger partial charge on any atom is -0.207 e. The van der Waals surface area contributed by atoms with Gasteiger partial charge in [-0.15, -0.1) is 3.89 Å². The van der Waals surface area contributed by atoms with E-state index in [0.717, 1.165) is 19.1 Å². The fraction of sp³-hybridized carbons (Fsp3) is 0.250. The maximum Gasteiger partial charge on any atom is 0.309 e. The Morgan fingerprint density at radius 1 is 1.14 bits per heavy atom. The maximum absolute atomic E-state index is 12.6. The monoisotopic (exact) mass is 224 g/mol. The van der Waals surface area contributed by atoms with Crippen LogP contribution in [0.1, 0.15) is 17.7 Å². The van der Waals surface area contributed by atoms with Crippen LogP contribution < -0.4 is 0 Å². The predicted molar refractivity (Wildman–Crippen MR) is 44.8 cm³/mol. The Balaban J connectivity index is 3.20. The smallest absolute Gasteiger partial charge is 0.207 e. The standard InChI is InChI=1S/C8H7F3O2S/c1-5(14(11,12)13)6-2-7(9)4-8(10)3-6/h2-5H,1H3. The van der Waals surface area contributed by atoms with Crippen molar-refractivity contribution in [1.82, 2.24) is 0 Å². The number of hydrogen-bond acceptors (Lipinski definition) is 2. The summed E-state index contributed by atoms with van der Waals surface area (Å²) in [5.41, 5.74) is -0.245. The molecule has 0 aliphatic carbocycles. The minimum absolute atomic E-state index is 0.245. The molecule has 0 saturated carbocycles. The summed E-state index contributed by atoms with van der Waals surface area (Å²) < 4.78 is 58.6. The first kappa shape index (κ1) is 11.0. The van der Waals surface area contributed by atoms with E-state index in [4.69, 9.17) is 0 Å². The summed E-state index contributed by atoms with van der Waals surface area (Å²) in [6.45, 7) is 1.02. The molecular weight excluding hydrogens is 217 g/mol. The summed E-state index contributed by atoms with van der Waals surface area (Å²) >= 11 is 0. The van der Waals surface area contributed by atoms with E-state index >= 15 is 0 Å². The van der Waals surface area contributed by atoms with Crippen LogP contribution in [0.2, 0.25) is 0 Å². The molecule has 6 heteroatoms. The summed E-state index contributed by atoms with van der Waals surface area (Å²) in [5, 5.41) is -1.56. The quantitative estimate of drug-likeness (QED) is 0.722. The summed E-state index contributed by atoms with van der Waals surface area (Å²) in [6.07, 6.45) is 0. The van der Waals surface area contributed by atoms with Gasteiger partial charge in [-0.25, -0.2) is 8.78 Å². The van der Waals surface area contributed by atoms with Gasteiger partial charge in [0.15, 0.2) is 0 Å². The van der Waals surface area contributed by atoms with Crippen LogP contribution in [0.5, 0.6) is 0 Å². The summed E-state index contributed by atoms with van der Waals surface area (Å²) in [7, 11) is -4.82. The van der Waals surface area contributed by atoms with Gasteiger partial charge in [0.2, 0.25) is 0 Å². The first-order valence-electron chi connectivity index (χ1n) is 3.70. The lowest BCUT2D eigenvalue weighted by atomic mass is 10.1. The third kappa shape index (κ3) is 2.47. The van der Waals surface area contributed by atoms with Crippen LogP contribution in [0.4, 0.5) is 12.7 Å². The predicted octanol–water partition coefficient (Wildman–Crippen LogP) is 2.33. The summed E-state index contributed by atoms with van der Waals surface area (Å²) in [5.74, 6) is -1.87. The molecule has 1 rings (SSSR count). The number of hydrogen-bond donors (Lipinski definition) is 0. The van der Waals surface area contributed by atoms with Crippen LogP contribution in [0.15, 0.2) is 18.2 Å². The lowest BCUT2D eigenvalue weighted by molar-refractivity contribution is 0.538.